The first kappa shape index (κ1) is 17.5. The van der Waals surface area contributed by atoms with Crippen LogP contribution >= 0.6 is 11.6 Å². The maximum Gasteiger partial charge on any atom is 0.240 e. The molecule has 0 unspecified atom stereocenters. The Morgan fingerprint density at radius 3 is 2.57 bits per heavy atom. The van der Waals surface area contributed by atoms with Gasteiger partial charge in [-0.3, -0.25) is 4.79 Å². The maximum atomic E-state index is 12.0. The molecular weight excluding hydrogens is 340 g/mol. The summed E-state index contributed by atoms with van der Waals surface area (Å²) in [6.07, 6.45) is 1.55. The van der Waals surface area contributed by atoms with Crippen molar-refractivity contribution in [1.29, 1.82) is 0 Å². The molecule has 0 fully saturated rings. The second kappa shape index (κ2) is 7.63. The second-order valence-electron chi connectivity index (χ2n) is 4.91. The highest BCUT2D eigenvalue weighted by atomic mass is 35.5. The van der Waals surface area contributed by atoms with E-state index in [0.717, 1.165) is 0 Å². The van der Waals surface area contributed by atoms with Gasteiger partial charge >= 0.3 is 0 Å². The second-order valence-corrected chi connectivity index (χ2v) is 7.11. The average molecular weight is 357 g/mol. The van der Waals surface area contributed by atoms with Gasteiger partial charge in [-0.1, -0.05) is 11.6 Å². The summed E-state index contributed by atoms with van der Waals surface area (Å²) in [6, 6.07) is 9.02. The Bertz CT molecular complexity index is 742. The van der Waals surface area contributed by atoms with Crippen molar-refractivity contribution in [2.45, 2.75) is 24.3 Å². The molecule has 0 bridgehead atoms. The van der Waals surface area contributed by atoms with E-state index >= 15 is 0 Å². The lowest BCUT2D eigenvalue weighted by molar-refractivity contribution is -0.121. The predicted octanol–water partition coefficient (Wildman–Crippen LogP) is 2.48. The van der Waals surface area contributed by atoms with Crippen molar-refractivity contribution in [2.75, 3.05) is 6.54 Å². The van der Waals surface area contributed by atoms with Gasteiger partial charge in [0.2, 0.25) is 15.9 Å². The predicted molar refractivity (Wildman–Crippen MR) is 86.5 cm³/mol. The van der Waals surface area contributed by atoms with Gasteiger partial charge in [0, 0.05) is 18.0 Å². The van der Waals surface area contributed by atoms with Crippen molar-refractivity contribution in [3.63, 3.8) is 0 Å². The first-order chi connectivity index (χ1) is 10.9. The van der Waals surface area contributed by atoms with Crippen LogP contribution in [0, 0.1) is 0 Å². The lowest BCUT2D eigenvalue weighted by Gasteiger charge is -2.12. The fourth-order valence-corrected chi connectivity index (χ4v) is 3.08. The van der Waals surface area contributed by atoms with Crippen molar-refractivity contribution < 1.29 is 17.6 Å². The van der Waals surface area contributed by atoms with Crippen LogP contribution in [0.3, 0.4) is 0 Å². The van der Waals surface area contributed by atoms with E-state index in [2.05, 4.69) is 10.0 Å². The molecule has 0 spiro atoms. The molecule has 0 radical (unpaired) electrons. The van der Waals surface area contributed by atoms with Crippen LogP contribution in [0.15, 0.2) is 52.0 Å². The Labute approximate surface area is 139 Å². The number of furan rings is 1. The van der Waals surface area contributed by atoms with Gasteiger partial charge in [-0.05, 0) is 43.3 Å². The minimum absolute atomic E-state index is 0.00165. The molecule has 1 aromatic heterocycles. The van der Waals surface area contributed by atoms with Crippen molar-refractivity contribution in [3.05, 3.63) is 53.4 Å². The van der Waals surface area contributed by atoms with E-state index in [1.165, 1.54) is 30.5 Å². The lowest BCUT2D eigenvalue weighted by Crippen LogP contribution is -2.32. The molecule has 0 aliphatic heterocycles. The Morgan fingerprint density at radius 2 is 1.96 bits per heavy atom. The van der Waals surface area contributed by atoms with E-state index in [4.69, 9.17) is 16.0 Å². The van der Waals surface area contributed by atoms with Gasteiger partial charge in [-0.25, -0.2) is 13.1 Å². The highest BCUT2D eigenvalue weighted by molar-refractivity contribution is 7.89. The Kier molecular flexibility index (Phi) is 5.81. The highest BCUT2D eigenvalue weighted by Gasteiger charge is 2.15. The van der Waals surface area contributed by atoms with E-state index in [-0.39, 0.29) is 29.8 Å². The number of hydrogen-bond donors (Lipinski definition) is 2. The summed E-state index contributed by atoms with van der Waals surface area (Å²) in [6.45, 7) is 1.79. The zero-order valence-corrected chi connectivity index (χ0v) is 14.0. The summed E-state index contributed by atoms with van der Waals surface area (Å²) in [5.74, 6) is 0.368. The molecule has 0 saturated heterocycles. The smallest absolute Gasteiger partial charge is 0.240 e. The van der Waals surface area contributed by atoms with Gasteiger partial charge in [0.15, 0.2) is 0 Å². The number of nitrogens with one attached hydrogen (secondary N) is 2. The zero-order chi connectivity index (χ0) is 16.9. The molecule has 1 heterocycles. The van der Waals surface area contributed by atoms with E-state index in [1.54, 1.807) is 19.1 Å². The minimum atomic E-state index is -3.65. The summed E-state index contributed by atoms with van der Waals surface area (Å²) in [7, 11) is -3.65. The summed E-state index contributed by atoms with van der Waals surface area (Å²) < 4.78 is 31.6. The normalized spacial score (nSPS) is 12.8. The summed E-state index contributed by atoms with van der Waals surface area (Å²) >= 11 is 5.72. The van der Waals surface area contributed by atoms with Gasteiger partial charge in [-0.15, -0.1) is 0 Å². The molecule has 2 aromatic rings. The molecule has 1 atom stereocenters. The number of amides is 1. The van der Waals surface area contributed by atoms with Crippen LogP contribution in [0.4, 0.5) is 0 Å². The topological polar surface area (TPSA) is 88.4 Å². The molecule has 1 amide bonds. The molecular formula is C15H17ClN2O4S. The summed E-state index contributed by atoms with van der Waals surface area (Å²) in [5.41, 5.74) is 0. The van der Waals surface area contributed by atoms with Gasteiger partial charge in [-0.2, -0.15) is 0 Å². The standard InChI is InChI=1S/C15H17ClN2O4S/c1-11(14-3-2-10-22-14)18-15(19)8-9-17-23(20,21)13-6-4-12(16)5-7-13/h2-7,10-11,17H,8-9H2,1H3,(H,18,19)/t11-/m1/s1. The molecule has 23 heavy (non-hydrogen) atoms. The first-order valence-corrected chi connectivity index (χ1v) is 8.82. The summed E-state index contributed by atoms with van der Waals surface area (Å²) in [5, 5.41) is 3.18. The number of sulfonamides is 1. The van der Waals surface area contributed by atoms with Crippen LogP contribution in [0.1, 0.15) is 25.1 Å². The maximum absolute atomic E-state index is 12.0. The Hall–Kier alpha value is -1.83. The Balaban J connectivity index is 1.82. The monoisotopic (exact) mass is 356 g/mol. The molecule has 0 aliphatic carbocycles. The molecule has 124 valence electrons. The fourth-order valence-electron chi connectivity index (χ4n) is 1.92. The number of rotatable bonds is 7. The van der Waals surface area contributed by atoms with E-state index in [1.807, 2.05) is 0 Å². The van der Waals surface area contributed by atoms with E-state index < -0.39 is 10.0 Å². The van der Waals surface area contributed by atoms with E-state index in [0.29, 0.717) is 10.8 Å². The molecule has 1 aromatic carbocycles. The number of hydrogen-bond acceptors (Lipinski definition) is 4. The molecule has 6 nitrogen and oxygen atoms in total. The molecule has 0 aliphatic rings. The number of carbonyl (C=O) groups is 1. The van der Waals surface area contributed by atoms with E-state index in [9.17, 15) is 13.2 Å². The number of halogens is 1. The quantitative estimate of drug-likeness (QED) is 0.797. The van der Waals surface area contributed by atoms with Crippen LogP contribution < -0.4 is 10.0 Å². The van der Waals surface area contributed by atoms with Crippen molar-refractivity contribution in [3.8, 4) is 0 Å². The number of carbonyl (C=O) groups excluding carboxylic acids is 1. The molecule has 8 heteroatoms. The molecule has 2 rings (SSSR count). The van der Waals surface area contributed by atoms with Gasteiger partial charge in [0.05, 0.1) is 17.2 Å². The minimum Gasteiger partial charge on any atom is -0.467 e. The third kappa shape index (κ3) is 5.09. The highest BCUT2D eigenvalue weighted by Crippen LogP contribution is 2.14. The van der Waals surface area contributed by atoms with Gasteiger partial charge < -0.3 is 9.73 Å². The van der Waals surface area contributed by atoms with Crippen LogP contribution in [0.2, 0.25) is 5.02 Å². The zero-order valence-electron chi connectivity index (χ0n) is 12.5. The summed E-state index contributed by atoms with van der Waals surface area (Å²) in [4.78, 5) is 11.9. The van der Waals surface area contributed by atoms with Gasteiger partial charge in [0.25, 0.3) is 0 Å². The average Bonchev–Trinajstić information content (AvgIpc) is 3.01. The van der Waals surface area contributed by atoms with Crippen LogP contribution in [-0.4, -0.2) is 20.9 Å². The van der Waals surface area contributed by atoms with Gasteiger partial charge in [0.1, 0.15) is 5.76 Å². The third-order valence-electron chi connectivity index (χ3n) is 3.12. The number of benzene rings is 1. The van der Waals surface area contributed by atoms with Crippen LogP contribution in [0.5, 0.6) is 0 Å². The lowest BCUT2D eigenvalue weighted by atomic mass is 10.2. The van der Waals surface area contributed by atoms with Crippen LogP contribution in [0.25, 0.3) is 0 Å². The Morgan fingerprint density at radius 1 is 1.26 bits per heavy atom. The third-order valence-corrected chi connectivity index (χ3v) is 4.84. The van der Waals surface area contributed by atoms with Crippen LogP contribution in [-0.2, 0) is 14.8 Å². The molecule has 0 saturated carbocycles. The fraction of sp³-hybridized carbons (Fsp3) is 0.267. The largest absolute Gasteiger partial charge is 0.467 e. The molecule has 2 N–H and O–H groups in total. The van der Waals surface area contributed by atoms with Crippen molar-refractivity contribution in [2.24, 2.45) is 0 Å². The van der Waals surface area contributed by atoms with Crippen molar-refractivity contribution in [1.82, 2.24) is 10.0 Å². The van der Waals surface area contributed by atoms with Crippen molar-refractivity contribution >= 4 is 27.5 Å². The first-order valence-electron chi connectivity index (χ1n) is 6.96. The SMILES string of the molecule is C[C@@H](NC(=O)CCNS(=O)(=O)c1ccc(Cl)cc1)c1ccco1.